The normalized spacial score (nSPS) is 10.9. The van der Waals surface area contributed by atoms with Crippen LogP contribution in [0.3, 0.4) is 0 Å². The summed E-state index contributed by atoms with van der Waals surface area (Å²) in [5.74, 6) is -0.313. The number of carbonyl (C=O) groups is 2. The van der Waals surface area contributed by atoms with Crippen molar-refractivity contribution in [3.8, 4) is 0 Å². The molecule has 0 unspecified atom stereocenters. The Balaban J connectivity index is 2.78. The third kappa shape index (κ3) is 3.47. The minimum Gasteiger partial charge on any atom is -0.464 e. The summed E-state index contributed by atoms with van der Waals surface area (Å²) in [7, 11) is 2.86. The summed E-state index contributed by atoms with van der Waals surface area (Å²) in [5, 5.41) is 2.45. The Kier molecular flexibility index (Phi) is 3.95. The first kappa shape index (κ1) is 14.0. The van der Waals surface area contributed by atoms with Crippen LogP contribution in [0.2, 0.25) is 0 Å². The van der Waals surface area contributed by atoms with E-state index in [1.165, 1.54) is 17.9 Å². The second-order valence-corrected chi connectivity index (χ2v) is 4.64. The second kappa shape index (κ2) is 5.07. The van der Waals surface area contributed by atoms with E-state index in [-0.39, 0.29) is 11.6 Å². The molecule has 0 aliphatic heterocycles. The van der Waals surface area contributed by atoms with Crippen molar-refractivity contribution in [1.29, 1.82) is 0 Å². The molecular formula is C11H17N3O4. The van der Waals surface area contributed by atoms with Crippen molar-refractivity contribution in [2.24, 2.45) is 7.05 Å². The van der Waals surface area contributed by atoms with Crippen LogP contribution >= 0.6 is 0 Å². The third-order valence-electron chi connectivity index (χ3n) is 2.00. The number of hydrogen-bond donors (Lipinski definition) is 1. The van der Waals surface area contributed by atoms with Crippen molar-refractivity contribution < 1.29 is 19.1 Å². The summed E-state index contributed by atoms with van der Waals surface area (Å²) < 4.78 is 11.1. The van der Waals surface area contributed by atoms with Crippen LogP contribution < -0.4 is 5.32 Å². The Morgan fingerprint density at radius 2 is 2.00 bits per heavy atom. The molecule has 1 amide bonds. The largest absolute Gasteiger partial charge is 0.464 e. The molecule has 1 heterocycles. The fourth-order valence-corrected chi connectivity index (χ4v) is 1.21. The lowest BCUT2D eigenvalue weighted by Crippen LogP contribution is -2.28. The van der Waals surface area contributed by atoms with Gasteiger partial charge in [-0.2, -0.15) is 0 Å². The number of carbonyl (C=O) groups excluding carboxylic acids is 2. The van der Waals surface area contributed by atoms with Gasteiger partial charge in [-0.15, -0.1) is 0 Å². The Morgan fingerprint density at radius 1 is 1.39 bits per heavy atom. The topological polar surface area (TPSA) is 82.4 Å². The van der Waals surface area contributed by atoms with Crippen LogP contribution in [0.15, 0.2) is 6.20 Å². The summed E-state index contributed by atoms with van der Waals surface area (Å²) in [6.45, 7) is 5.26. The van der Waals surface area contributed by atoms with Crippen molar-refractivity contribution in [3.63, 3.8) is 0 Å². The van der Waals surface area contributed by atoms with Crippen LogP contribution in [0.25, 0.3) is 0 Å². The average Bonchev–Trinajstić information content (AvgIpc) is 2.57. The molecular weight excluding hydrogens is 238 g/mol. The van der Waals surface area contributed by atoms with Gasteiger partial charge in [-0.05, 0) is 20.8 Å². The summed E-state index contributed by atoms with van der Waals surface area (Å²) >= 11 is 0. The van der Waals surface area contributed by atoms with E-state index in [4.69, 9.17) is 4.74 Å². The van der Waals surface area contributed by atoms with E-state index in [1.54, 1.807) is 27.8 Å². The minimum absolute atomic E-state index is 0.213. The molecule has 7 nitrogen and oxygen atoms in total. The smallest absolute Gasteiger partial charge is 0.414 e. The molecule has 0 bridgehead atoms. The molecule has 1 N–H and O–H groups in total. The number of nitrogens with zero attached hydrogens (tertiary/aromatic N) is 2. The number of ether oxygens (including phenoxy) is 2. The zero-order valence-corrected chi connectivity index (χ0v) is 11.1. The van der Waals surface area contributed by atoms with E-state index in [9.17, 15) is 9.59 Å². The Bertz CT molecular complexity index is 459. The van der Waals surface area contributed by atoms with E-state index >= 15 is 0 Å². The van der Waals surface area contributed by atoms with Gasteiger partial charge in [0, 0.05) is 7.05 Å². The van der Waals surface area contributed by atoms with Crippen molar-refractivity contribution in [1.82, 2.24) is 9.55 Å². The van der Waals surface area contributed by atoms with Crippen LogP contribution in [-0.4, -0.2) is 34.3 Å². The summed E-state index contributed by atoms with van der Waals surface area (Å²) in [6.07, 6.45) is 0.686. The summed E-state index contributed by atoms with van der Waals surface area (Å²) in [4.78, 5) is 26.8. The van der Waals surface area contributed by atoms with Crippen LogP contribution in [0.1, 0.15) is 31.3 Å². The molecule has 0 aliphatic carbocycles. The van der Waals surface area contributed by atoms with Crippen molar-refractivity contribution >= 4 is 18.0 Å². The molecule has 0 fully saturated rings. The molecule has 0 aliphatic rings. The van der Waals surface area contributed by atoms with Crippen LogP contribution in [0, 0.1) is 0 Å². The molecule has 0 radical (unpaired) electrons. The zero-order chi connectivity index (χ0) is 13.9. The number of methoxy groups -OCH3 is 1. The molecule has 18 heavy (non-hydrogen) atoms. The predicted octanol–water partition coefficient (Wildman–Crippen LogP) is 1.55. The molecule has 1 aromatic heterocycles. The average molecular weight is 255 g/mol. The number of anilines is 1. The molecule has 0 atom stereocenters. The highest BCUT2D eigenvalue weighted by atomic mass is 16.6. The fraction of sp³-hybridized carbons (Fsp3) is 0.545. The molecule has 0 spiro atoms. The van der Waals surface area contributed by atoms with Gasteiger partial charge in [0.1, 0.15) is 11.3 Å². The van der Waals surface area contributed by atoms with Gasteiger partial charge in [0.15, 0.2) is 0 Å². The number of esters is 1. The first-order chi connectivity index (χ1) is 8.24. The Labute approximate surface area is 105 Å². The van der Waals surface area contributed by atoms with Crippen molar-refractivity contribution in [2.45, 2.75) is 26.4 Å². The number of imidazole rings is 1. The molecule has 1 rings (SSSR count). The van der Waals surface area contributed by atoms with Crippen molar-refractivity contribution in [3.05, 3.63) is 11.9 Å². The highest BCUT2D eigenvalue weighted by Crippen LogP contribution is 2.12. The van der Waals surface area contributed by atoms with Gasteiger partial charge in [0.25, 0.3) is 0 Å². The van der Waals surface area contributed by atoms with Gasteiger partial charge in [-0.1, -0.05) is 0 Å². The highest BCUT2D eigenvalue weighted by Gasteiger charge is 2.19. The molecule has 7 heteroatoms. The molecule has 100 valence electrons. The second-order valence-electron chi connectivity index (χ2n) is 4.64. The van der Waals surface area contributed by atoms with Gasteiger partial charge in [0.2, 0.25) is 5.95 Å². The number of rotatable bonds is 2. The maximum atomic E-state index is 11.5. The minimum atomic E-state index is -0.632. The quantitative estimate of drug-likeness (QED) is 0.811. The van der Waals surface area contributed by atoms with Gasteiger partial charge in [-0.25, -0.2) is 14.6 Å². The first-order valence-electron chi connectivity index (χ1n) is 5.34. The standard InChI is InChI=1S/C11H17N3O4/c1-11(2,3)18-10(16)13-9-12-6-7(14(9)4)8(15)17-5/h6H,1-5H3,(H,12,13,16). The zero-order valence-electron chi connectivity index (χ0n) is 11.1. The molecule has 1 aromatic rings. The number of amides is 1. The van der Waals surface area contributed by atoms with E-state index in [1.807, 2.05) is 0 Å². The lowest BCUT2D eigenvalue weighted by Gasteiger charge is -2.19. The highest BCUT2D eigenvalue weighted by molar-refractivity contribution is 5.89. The Morgan fingerprint density at radius 3 is 2.50 bits per heavy atom. The number of aromatic nitrogens is 2. The first-order valence-corrected chi connectivity index (χ1v) is 5.34. The SMILES string of the molecule is COC(=O)c1cnc(NC(=O)OC(C)(C)C)n1C. The molecule has 0 saturated carbocycles. The van der Waals surface area contributed by atoms with Gasteiger partial charge < -0.3 is 14.0 Å². The van der Waals surface area contributed by atoms with Gasteiger partial charge in [-0.3, -0.25) is 5.32 Å². The van der Waals surface area contributed by atoms with Crippen molar-refractivity contribution in [2.75, 3.05) is 12.4 Å². The Hall–Kier alpha value is -2.05. The van der Waals surface area contributed by atoms with Gasteiger partial charge in [0.05, 0.1) is 13.3 Å². The van der Waals surface area contributed by atoms with Gasteiger partial charge >= 0.3 is 12.1 Å². The summed E-state index contributed by atoms with van der Waals surface area (Å²) in [6, 6.07) is 0. The maximum Gasteiger partial charge on any atom is 0.414 e. The van der Waals surface area contributed by atoms with Crippen LogP contribution in [0.4, 0.5) is 10.7 Å². The molecule has 0 aromatic carbocycles. The lowest BCUT2D eigenvalue weighted by atomic mass is 10.2. The summed E-state index contributed by atoms with van der Waals surface area (Å²) in [5.41, 5.74) is -0.357. The van der Waals surface area contributed by atoms with E-state index in [0.29, 0.717) is 0 Å². The lowest BCUT2D eigenvalue weighted by molar-refractivity contribution is 0.0585. The fourth-order valence-electron chi connectivity index (χ4n) is 1.21. The number of nitrogens with one attached hydrogen (secondary N) is 1. The maximum absolute atomic E-state index is 11.5. The number of hydrogen-bond acceptors (Lipinski definition) is 5. The van der Waals surface area contributed by atoms with E-state index < -0.39 is 17.7 Å². The van der Waals surface area contributed by atoms with E-state index in [0.717, 1.165) is 0 Å². The van der Waals surface area contributed by atoms with E-state index in [2.05, 4.69) is 15.0 Å². The third-order valence-corrected chi connectivity index (χ3v) is 2.00. The predicted molar refractivity (Wildman–Crippen MR) is 64.4 cm³/mol. The van der Waals surface area contributed by atoms with Crippen LogP contribution in [-0.2, 0) is 16.5 Å². The molecule has 0 saturated heterocycles. The van der Waals surface area contributed by atoms with Crippen LogP contribution in [0.5, 0.6) is 0 Å². The monoisotopic (exact) mass is 255 g/mol.